The normalized spacial score (nSPS) is 11.0. The molecule has 0 spiro atoms. The maximum absolute atomic E-state index is 14.0. The summed E-state index contributed by atoms with van der Waals surface area (Å²) in [5.74, 6) is -0.869. The van der Waals surface area contributed by atoms with Gasteiger partial charge in [0, 0.05) is 30.4 Å². The SMILES string of the molecule is Cc1c(C(N)=O)n(C)c2c(-c3ccncc3)cc(F)cc12. The monoisotopic (exact) mass is 283 g/mol. The number of primary amides is 1. The molecule has 1 amide bonds. The fourth-order valence-electron chi connectivity index (χ4n) is 2.84. The van der Waals surface area contributed by atoms with E-state index in [9.17, 15) is 9.18 Å². The molecule has 0 aliphatic heterocycles. The Kier molecular flexibility index (Phi) is 2.97. The van der Waals surface area contributed by atoms with E-state index in [4.69, 9.17) is 5.73 Å². The first-order valence-electron chi connectivity index (χ1n) is 6.49. The first kappa shape index (κ1) is 13.3. The zero-order valence-corrected chi connectivity index (χ0v) is 11.7. The summed E-state index contributed by atoms with van der Waals surface area (Å²) in [7, 11) is 1.76. The van der Waals surface area contributed by atoms with Crippen molar-refractivity contribution in [2.45, 2.75) is 6.92 Å². The average Bonchev–Trinajstić information content (AvgIpc) is 2.71. The van der Waals surface area contributed by atoms with E-state index in [-0.39, 0.29) is 5.82 Å². The highest BCUT2D eigenvalue weighted by molar-refractivity contribution is 6.05. The molecule has 0 aliphatic carbocycles. The summed E-state index contributed by atoms with van der Waals surface area (Å²) >= 11 is 0. The van der Waals surface area contributed by atoms with Gasteiger partial charge in [-0.1, -0.05) is 0 Å². The van der Waals surface area contributed by atoms with Crippen LogP contribution in [0.4, 0.5) is 4.39 Å². The molecule has 0 unspecified atom stereocenters. The van der Waals surface area contributed by atoms with Crippen LogP contribution in [0.5, 0.6) is 0 Å². The van der Waals surface area contributed by atoms with E-state index in [1.807, 2.05) is 0 Å². The van der Waals surface area contributed by atoms with Crippen molar-refractivity contribution in [3.05, 3.63) is 53.7 Å². The second-order valence-electron chi connectivity index (χ2n) is 4.98. The number of hydrogen-bond acceptors (Lipinski definition) is 2. The Morgan fingerprint density at radius 2 is 1.95 bits per heavy atom. The van der Waals surface area contributed by atoms with E-state index in [0.717, 1.165) is 11.1 Å². The topological polar surface area (TPSA) is 60.9 Å². The van der Waals surface area contributed by atoms with E-state index in [1.54, 1.807) is 43.1 Å². The molecule has 0 atom stereocenters. The molecule has 0 aliphatic rings. The number of carbonyl (C=O) groups excluding carboxylic acids is 1. The number of pyridine rings is 1. The third-order valence-electron chi connectivity index (χ3n) is 3.73. The average molecular weight is 283 g/mol. The van der Waals surface area contributed by atoms with Gasteiger partial charge in [0.1, 0.15) is 11.5 Å². The van der Waals surface area contributed by atoms with Crippen LogP contribution in [0.2, 0.25) is 0 Å². The molecule has 0 radical (unpaired) electrons. The molecule has 0 fully saturated rings. The zero-order chi connectivity index (χ0) is 15.1. The van der Waals surface area contributed by atoms with Gasteiger partial charge in [0.05, 0.1) is 5.52 Å². The first-order valence-corrected chi connectivity index (χ1v) is 6.49. The highest BCUT2D eigenvalue weighted by atomic mass is 19.1. The minimum Gasteiger partial charge on any atom is -0.364 e. The minimum absolute atomic E-state index is 0.348. The molecule has 0 saturated carbocycles. The Labute approximate surface area is 121 Å². The number of nitrogens with zero attached hydrogens (tertiary/aromatic N) is 2. The molecule has 3 aromatic rings. The van der Waals surface area contributed by atoms with Crippen molar-refractivity contribution in [1.82, 2.24) is 9.55 Å². The minimum atomic E-state index is -0.521. The van der Waals surface area contributed by atoms with Gasteiger partial charge in [-0.2, -0.15) is 0 Å². The van der Waals surface area contributed by atoms with Gasteiger partial charge >= 0.3 is 0 Å². The Bertz CT molecular complexity index is 853. The number of nitrogens with two attached hydrogens (primary N) is 1. The second kappa shape index (κ2) is 4.70. The van der Waals surface area contributed by atoms with E-state index in [1.165, 1.54) is 12.1 Å². The molecule has 21 heavy (non-hydrogen) atoms. The van der Waals surface area contributed by atoms with Crippen LogP contribution in [-0.4, -0.2) is 15.5 Å². The third kappa shape index (κ3) is 1.98. The standard InChI is InChI=1S/C16H14FN3O/c1-9-12-7-11(17)8-13(10-3-5-19-6-4-10)15(12)20(2)14(9)16(18)21/h3-8H,1-2H3,(H2,18,21). The largest absolute Gasteiger partial charge is 0.364 e. The molecule has 0 saturated heterocycles. The van der Waals surface area contributed by atoms with Gasteiger partial charge < -0.3 is 10.3 Å². The molecule has 106 valence electrons. The molecule has 1 aromatic carbocycles. The molecule has 0 bridgehead atoms. The summed E-state index contributed by atoms with van der Waals surface area (Å²) in [6.45, 7) is 1.78. The Morgan fingerprint density at radius 3 is 2.57 bits per heavy atom. The molecule has 4 nitrogen and oxygen atoms in total. The van der Waals surface area contributed by atoms with Crippen molar-refractivity contribution in [3.63, 3.8) is 0 Å². The highest BCUT2D eigenvalue weighted by Gasteiger charge is 2.19. The smallest absolute Gasteiger partial charge is 0.265 e. The highest BCUT2D eigenvalue weighted by Crippen LogP contribution is 2.34. The van der Waals surface area contributed by atoms with Gasteiger partial charge in [-0.3, -0.25) is 9.78 Å². The number of benzene rings is 1. The van der Waals surface area contributed by atoms with Gasteiger partial charge in [-0.05, 0) is 42.3 Å². The molecule has 2 heterocycles. The lowest BCUT2D eigenvalue weighted by Gasteiger charge is -2.07. The van der Waals surface area contributed by atoms with Gasteiger partial charge in [-0.25, -0.2) is 4.39 Å². The van der Waals surface area contributed by atoms with Gasteiger partial charge in [0.25, 0.3) is 5.91 Å². The Balaban J connectivity index is 2.46. The molecule has 5 heteroatoms. The van der Waals surface area contributed by atoms with Gasteiger partial charge in [0.15, 0.2) is 0 Å². The number of aryl methyl sites for hydroxylation is 2. The van der Waals surface area contributed by atoms with Crippen molar-refractivity contribution in [2.75, 3.05) is 0 Å². The Morgan fingerprint density at radius 1 is 1.29 bits per heavy atom. The van der Waals surface area contributed by atoms with Crippen LogP contribution < -0.4 is 5.73 Å². The predicted molar refractivity (Wildman–Crippen MR) is 79.4 cm³/mol. The summed E-state index contributed by atoms with van der Waals surface area (Å²) in [6.07, 6.45) is 3.30. The number of halogens is 1. The van der Waals surface area contributed by atoms with E-state index < -0.39 is 5.91 Å². The van der Waals surface area contributed by atoms with Gasteiger partial charge in [-0.15, -0.1) is 0 Å². The number of fused-ring (bicyclic) bond motifs is 1. The summed E-state index contributed by atoms with van der Waals surface area (Å²) in [5, 5.41) is 0.693. The lowest BCUT2D eigenvalue weighted by atomic mass is 10.0. The van der Waals surface area contributed by atoms with Crippen LogP contribution in [0.15, 0.2) is 36.7 Å². The van der Waals surface area contributed by atoms with E-state index in [0.29, 0.717) is 22.2 Å². The summed E-state index contributed by atoms with van der Waals surface area (Å²) < 4.78 is 15.7. The van der Waals surface area contributed by atoms with Crippen LogP contribution in [0.25, 0.3) is 22.0 Å². The zero-order valence-electron chi connectivity index (χ0n) is 11.7. The van der Waals surface area contributed by atoms with Crippen LogP contribution in [-0.2, 0) is 7.05 Å². The van der Waals surface area contributed by atoms with E-state index >= 15 is 0 Å². The van der Waals surface area contributed by atoms with Crippen molar-refractivity contribution < 1.29 is 9.18 Å². The van der Waals surface area contributed by atoms with Crippen molar-refractivity contribution in [2.24, 2.45) is 12.8 Å². The third-order valence-corrected chi connectivity index (χ3v) is 3.73. The quantitative estimate of drug-likeness (QED) is 0.786. The molecular weight excluding hydrogens is 269 g/mol. The molecule has 2 N–H and O–H groups in total. The van der Waals surface area contributed by atoms with E-state index in [2.05, 4.69) is 4.98 Å². The fraction of sp³-hybridized carbons (Fsp3) is 0.125. The lowest BCUT2D eigenvalue weighted by molar-refractivity contribution is 0.0992. The second-order valence-corrected chi connectivity index (χ2v) is 4.98. The predicted octanol–water partition coefficient (Wildman–Crippen LogP) is 2.79. The maximum atomic E-state index is 14.0. The van der Waals surface area contributed by atoms with Crippen molar-refractivity contribution >= 4 is 16.8 Å². The van der Waals surface area contributed by atoms with Crippen LogP contribution in [0.1, 0.15) is 16.1 Å². The Hall–Kier alpha value is -2.69. The summed E-state index contributed by atoms with van der Waals surface area (Å²) in [4.78, 5) is 15.6. The summed E-state index contributed by atoms with van der Waals surface area (Å²) in [6, 6.07) is 6.50. The van der Waals surface area contributed by atoms with Crippen molar-refractivity contribution in [1.29, 1.82) is 0 Å². The van der Waals surface area contributed by atoms with Gasteiger partial charge in [0.2, 0.25) is 0 Å². The van der Waals surface area contributed by atoms with Crippen LogP contribution in [0.3, 0.4) is 0 Å². The van der Waals surface area contributed by atoms with Crippen LogP contribution >= 0.6 is 0 Å². The number of carbonyl (C=O) groups is 1. The maximum Gasteiger partial charge on any atom is 0.265 e. The first-order chi connectivity index (χ1) is 10.0. The molecular formula is C16H14FN3O. The fourth-order valence-corrected chi connectivity index (χ4v) is 2.84. The number of aromatic nitrogens is 2. The number of hydrogen-bond donors (Lipinski definition) is 1. The number of amides is 1. The van der Waals surface area contributed by atoms with Crippen LogP contribution in [0, 0.1) is 12.7 Å². The molecule has 3 rings (SSSR count). The van der Waals surface area contributed by atoms with Crippen molar-refractivity contribution in [3.8, 4) is 11.1 Å². The molecule has 2 aromatic heterocycles. The number of rotatable bonds is 2. The lowest BCUT2D eigenvalue weighted by Crippen LogP contribution is -2.16. The summed E-state index contributed by atoms with van der Waals surface area (Å²) in [5.41, 5.74) is 8.87.